The standard InChI is InChI=1S/C32H67NO2/c1-4-5-6-7-8-9-10-11-12-13-14-15-16-17-18-19-20-21-22-23-24-25-26-27-28-29-30-33(31(2)34)32(3)35/h31-32,34-35H,4-30H2,1-3H3. The van der Waals surface area contributed by atoms with Crippen molar-refractivity contribution in [3.8, 4) is 0 Å². The third kappa shape index (κ3) is 26.7. The van der Waals surface area contributed by atoms with Crippen molar-refractivity contribution in [1.82, 2.24) is 4.90 Å². The van der Waals surface area contributed by atoms with Crippen LogP contribution in [-0.4, -0.2) is 34.1 Å². The molecule has 0 bridgehead atoms. The molecule has 0 amide bonds. The Morgan fingerprint density at radius 2 is 0.571 bits per heavy atom. The topological polar surface area (TPSA) is 43.7 Å². The van der Waals surface area contributed by atoms with Crippen LogP contribution in [0.4, 0.5) is 0 Å². The highest BCUT2D eigenvalue weighted by Crippen LogP contribution is 2.16. The van der Waals surface area contributed by atoms with E-state index in [1.54, 1.807) is 18.7 Å². The van der Waals surface area contributed by atoms with Crippen molar-refractivity contribution in [1.29, 1.82) is 0 Å². The van der Waals surface area contributed by atoms with Gasteiger partial charge in [0.15, 0.2) is 0 Å². The molecule has 0 aliphatic heterocycles. The number of unbranched alkanes of at least 4 members (excludes halogenated alkanes) is 25. The number of aliphatic hydroxyl groups is 2. The van der Waals surface area contributed by atoms with Crippen molar-refractivity contribution in [2.75, 3.05) is 6.54 Å². The fraction of sp³-hybridized carbons (Fsp3) is 1.00. The molecule has 3 nitrogen and oxygen atoms in total. The summed E-state index contributed by atoms with van der Waals surface area (Å²) in [6.07, 6.45) is 35.6. The van der Waals surface area contributed by atoms with Crippen LogP contribution in [0.3, 0.4) is 0 Å². The SMILES string of the molecule is CCCCCCCCCCCCCCCCCCCCCCCCCCCCN(C(C)O)C(C)O. The van der Waals surface area contributed by atoms with Crippen molar-refractivity contribution < 1.29 is 10.2 Å². The molecule has 0 aliphatic rings. The third-order valence-corrected chi connectivity index (χ3v) is 7.73. The molecule has 2 N–H and O–H groups in total. The van der Waals surface area contributed by atoms with Gasteiger partial charge in [-0.05, 0) is 20.3 Å². The van der Waals surface area contributed by atoms with Gasteiger partial charge in [-0.15, -0.1) is 0 Å². The van der Waals surface area contributed by atoms with Crippen molar-refractivity contribution in [2.45, 2.75) is 200 Å². The molecule has 0 aromatic carbocycles. The molecule has 3 heteroatoms. The van der Waals surface area contributed by atoms with E-state index in [4.69, 9.17) is 0 Å². The maximum absolute atomic E-state index is 9.64. The van der Waals surface area contributed by atoms with Crippen LogP contribution in [0.15, 0.2) is 0 Å². The number of nitrogens with zero attached hydrogens (tertiary/aromatic N) is 1. The van der Waals surface area contributed by atoms with E-state index in [2.05, 4.69) is 6.92 Å². The molecule has 0 rings (SSSR count). The lowest BCUT2D eigenvalue weighted by molar-refractivity contribution is -0.0844. The first-order valence-electron chi connectivity index (χ1n) is 16.2. The summed E-state index contributed by atoms with van der Waals surface area (Å²) in [6.45, 7) is 6.54. The van der Waals surface area contributed by atoms with Gasteiger partial charge in [-0.2, -0.15) is 0 Å². The van der Waals surface area contributed by atoms with Crippen LogP contribution in [0.2, 0.25) is 0 Å². The van der Waals surface area contributed by atoms with Crippen molar-refractivity contribution in [2.24, 2.45) is 0 Å². The minimum Gasteiger partial charge on any atom is -0.379 e. The molecule has 0 saturated carbocycles. The number of hydrogen-bond acceptors (Lipinski definition) is 3. The Bertz CT molecular complexity index is 378. The van der Waals surface area contributed by atoms with E-state index >= 15 is 0 Å². The Morgan fingerprint density at radius 3 is 0.771 bits per heavy atom. The monoisotopic (exact) mass is 498 g/mol. The van der Waals surface area contributed by atoms with Gasteiger partial charge in [-0.3, -0.25) is 4.90 Å². The van der Waals surface area contributed by atoms with E-state index < -0.39 is 12.5 Å². The van der Waals surface area contributed by atoms with E-state index in [-0.39, 0.29) is 0 Å². The first kappa shape index (κ1) is 34.9. The second kappa shape index (κ2) is 28.5. The summed E-state index contributed by atoms with van der Waals surface area (Å²) in [7, 11) is 0. The number of rotatable bonds is 29. The van der Waals surface area contributed by atoms with E-state index in [1.807, 2.05) is 0 Å². The highest BCUT2D eigenvalue weighted by atomic mass is 16.3. The molecule has 212 valence electrons. The quantitative estimate of drug-likeness (QED) is 0.0797. The molecule has 2 unspecified atom stereocenters. The normalized spacial score (nSPS) is 13.5. The lowest BCUT2D eigenvalue weighted by atomic mass is 10.0. The summed E-state index contributed by atoms with van der Waals surface area (Å²) in [6, 6.07) is 0. The van der Waals surface area contributed by atoms with Gasteiger partial charge in [0, 0.05) is 6.54 Å². The Labute approximate surface area is 221 Å². The van der Waals surface area contributed by atoms with Crippen LogP contribution in [-0.2, 0) is 0 Å². The first-order valence-corrected chi connectivity index (χ1v) is 16.2. The molecular formula is C32H67NO2. The Balaban J connectivity index is 3.12. The second-order valence-corrected chi connectivity index (χ2v) is 11.3. The minimum atomic E-state index is -0.561. The van der Waals surface area contributed by atoms with Crippen LogP contribution < -0.4 is 0 Å². The lowest BCUT2D eigenvalue weighted by Gasteiger charge is -2.27. The average molecular weight is 498 g/mol. The maximum atomic E-state index is 9.64. The first-order chi connectivity index (χ1) is 17.1. The fourth-order valence-electron chi connectivity index (χ4n) is 5.30. The molecular weight excluding hydrogens is 430 g/mol. The summed E-state index contributed by atoms with van der Waals surface area (Å²) >= 11 is 0. The number of hydrogen-bond donors (Lipinski definition) is 2. The molecule has 0 radical (unpaired) electrons. The molecule has 35 heavy (non-hydrogen) atoms. The van der Waals surface area contributed by atoms with Crippen molar-refractivity contribution >= 4 is 0 Å². The molecule has 0 aromatic rings. The zero-order valence-corrected chi connectivity index (χ0v) is 24.6. The van der Waals surface area contributed by atoms with Crippen LogP contribution in [0.25, 0.3) is 0 Å². The molecule has 0 fully saturated rings. The van der Waals surface area contributed by atoms with Crippen LogP contribution in [0, 0.1) is 0 Å². The van der Waals surface area contributed by atoms with Gasteiger partial charge in [0.2, 0.25) is 0 Å². The molecule has 0 spiro atoms. The van der Waals surface area contributed by atoms with E-state index in [9.17, 15) is 10.2 Å². The van der Waals surface area contributed by atoms with E-state index in [0.717, 1.165) is 13.0 Å². The predicted molar refractivity (Wildman–Crippen MR) is 156 cm³/mol. The Hall–Kier alpha value is -0.120. The lowest BCUT2D eigenvalue weighted by Crippen LogP contribution is -2.40. The van der Waals surface area contributed by atoms with Crippen LogP contribution in [0.1, 0.15) is 188 Å². The fourth-order valence-corrected chi connectivity index (χ4v) is 5.30. The Kier molecular flexibility index (Phi) is 28.4. The smallest absolute Gasteiger partial charge is 0.106 e. The summed E-state index contributed by atoms with van der Waals surface area (Å²) in [5.41, 5.74) is 0. The zero-order chi connectivity index (χ0) is 25.8. The summed E-state index contributed by atoms with van der Waals surface area (Å²) in [5, 5.41) is 19.3. The predicted octanol–water partition coefficient (Wildman–Crippen LogP) is 10.1. The second-order valence-electron chi connectivity index (χ2n) is 11.3. The highest BCUT2D eigenvalue weighted by molar-refractivity contribution is 4.59. The molecule has 2 atom stereocenters. The molecule has 0 aromatic heterocycles. The molecule has 0 aliphatic carbocycles. The van der Waals surface area contributed by atoms with Crippen LogP contribution >= 0.6 is 0 Å². The van der Waals surface area contributed by atoms with Gasteiger partial charge in [-0.25, -0.2) is 0 Å². The van der Waals surface area contributed by atoms with Crippen molar-refractivity contribution in [3.63, 3.8) is 0 Å². The Morgan fingerprint density at radius 1 is 0.371 bits per heavy atom. The van der Waals surface area contributed by atoms with Gasteiger partial charge in [0.25, 0.3) is 0 Å². The molecule has 0 saturated heterocycles. The maximum Gasteiger partial charge on any atom is 0.106 e. The van der Waals surface area contributed by atoms with E-state index in [0.29, 0.717) is 0 Å². The number of aliphatic hydroxyl groups excluding tert-OH is 2. The van der Waals surface area contributed by atoms with Crippen molar-refractivity contribution in [3.05, 3.63) is 0 Å². The average Bonchev–Trinajstić information content (AvgIpc) is 2.83. The van der Waals surface area contributed by atoms with E-state index in [1.165, 1.54) is 161 Å². The third-order valence-electron chi connectivity index (χ3n) is 7.73. The van der Waals surface area contributed by atoms with Gasteiger partial charge in [0.05, 0.1) is 0 Å². The van der Waals surface area contributed by atoms with Gasteiger partial charge in [-0.1, -0.05) is 167 Å². The molecule has 0 heterocycles. The van der Waals surface area contributed by atoms with Gasteiger partial charge >= 0.3 is 0 Å². The largest absolute Gasteiger partial charge is 0.379 e. The van der Waals surface area contributed by atoms with Gasteiger partial charge < -0.3 is 10.2 Å². The summed E-state index contributed by atoms with van der Waals surface area (Å²) in [5.74, 6) is 0. The summed E-state index contributed by atoms with van der Waals surface area (Å²) < 4.78 is 0. The minimum absolute atomic E-state index is 0.561. The van der Waals surface area contributed by atoms with Crippen LogP contribution in [0.5, 0.6) is 0 Å². The summed E-state index contributed by atoms with van der Waals surface area (Å²) in [4.78, 5) is 1.75. The van der Waals surface area contributed by atoms with Gasteiger partial charge in [0.1, 0.15) is 12.5 Å². The highest BCUT2D eigenvalue weighted by Gasteiger charge is 2.14. The zero-order valence-electron chi connectivity index (χ0n) is 24.6.